The van der Waals surface area contributed by atoms with Crippen LogP contribution in [0.2, 0.25) is 0 Å². The zero-order valence-corrected chi connectivity index (χ0v) is 20.3. The number of likely N-dealkylation sites (N-methyl/N-ethyl adjacent to an activating group) is 1. The normalized spacial score (nSPS) is 13.4. The first-order valence-corrected chi connectivity index (χ1v) is 9.87. The van der Waals surface area contributed by atoms with Crippen LogP contribution in [0.3, 0.4) is 0 Å². The topological polar surface area (TPSA) is 58.1 Å². The van der Waals surface area contributed by atoms with E-state index >= 15 is 0 Å². The number of aliphatic imine (C=N–C) groups is 1. The number of hydrogen-bond donors (Lipinski definition) is 2. The van der Waals surface area contributed by atoms with Gasteiger partial charge in [-0.3, -0.25) is 4.99 Å². The molecule has 0 fully saturated rings. The minimum Gasteiger partial charge on any atom is -0.493 e. The molecule has 6 nitrogen and oxygen atoms in total. The van der Waals surface area contributed by atoms with E-state index in [-0.39, 0.29) is 30.1 Å². The third-order valence-corrected chi connectivity index (χ3v) is 5.11. The second-order valence-corrected chi connectivity index (χ2v) is 7.39. The lowest BCUT2D eigenvalue weighted by atomic mass is 10.2. The van der Waals surface area contributed by atoms with Crippen LogP contribution < -0.4 is 20.1 Å². The van der Waals surface area contributed by atoms with Crippen molar-refractivity contribution in [3.63, 3.8) is 0 Å². The van der Waals surface area contributed by atoms with E-state index < -0.39 is 0 Å². The Balaban J connectivity index is 0.00000392. The molecule has 1 aromatic carbocycles. The minimum atomic E-state index is -0.0400. The van der Waals surface area contributed by atoms with Crippen LogP contribution in [0.4, 0.5) is 0 Å². The molecule has 0 spiro atoms. The molecule has 0 aliphatic rings. The second kappa shape index (κ2) is 12.8. The summed E-state index contributed by atoms with van der Waals surface area (Å²) in [7, 11) is 7.60. The fourth-order valence-electron chi connectivity index (χ4n) is 2.65. The Kier molecular flexibility index (Phi) is 11.2. The van der Waals surface area contributed by atoms with Gasteiger partial charge in [0.2, 0.25) is 0 Å². The van der Waals surface area contributed by atoms with Gasteiger partial charge in [-0.05, 0) is 44.6 Å². The van der Waals surface area contributed by atoms with Crippen molar-refractivity contribution in [2.24, 2.45) is 4.99 Å². The molecule has 2 atom stereocenters. The van der Waals surface area contributed by atoms with Crippen molar-refractivity contribution in [1.29, 1.82) is 0 Å². The summed E-state index contributed by atoms with van der Waals surface area (Å²) in [5.41, 5.74) is 0. The highest BCUT2D eigenvalue weighted by molar-refractivity contribution is 14.0. The van der Waals surface area contributed by atoms with Crippen LogP contribution in [0.1, 0.15) is 17.8 Å². The molecule has 1 aromatic heterocycles. The molecule has 156 valence electrons. The van der Waals surface area contributed by atoms with Crippen LogP contribution in [-0.4, -0.2) is 58.3 Å². The monoisotopic (exact) mass is 518 g/mol. The average molecular weight is 518 g/mol. The molecule has 0 saturated heterocycles. The van der Waals surface area contributed by atoms with Gasteiger partial charge in [-0.1, -0.05) is 18.2 Å². The van der Waals surface area contributed by atoms with Crippen molar-refractivity contribution in [2.45, 2.75) is 19.1 Å². The Bertz CT molecular complexity index is 710. The van der Waals surface area contributed by atoms with E-state index in [9.17, 15) is 0 Å². The number of para-hydroxylation sites is 2. The summed E-state index contributed by atoms with van der Waals surface area (Å²) in [6.45, 7) is 3.42. The van der Waals surface area contributed by atoms with Gasteiger partial charge in [0.15, 0.2) is 17.5 Å². The molecule has 2 N–H and O–H groups in total. The molecule has 0 radical (unpaired) electrons. The van der Waals surface area contributed by atoms with Crippen molar-refractivity contribution < 1.29 is 9.47 Å². The number of benzene rings is 1. The third-order valence-electron chi connectivity index (χ3n) is 4.14. The van der Waals surface area contributed by atoms with Gasteiger partial charge in [-0.25, -0.2) is 0 Å². The largest absolute Gasteiger partial charge is 0.493 e. The Morgan fingerprint density at radius 1 is 1.11 bits per heavy atom. The predicted molar refractivity (Wildman–Crippen MR) is 129 cm³/mol. The van der Waals surface area contributed by atoms with Gasteiger partial charge < -0.3 is 25.0 Å². The molecule has 2 rings (SSSR count). The molecular weight excluding hydrogens is 487 g/mol. The second-order valence-electron chi connectivity index (χ2n) is 6.41. The Hall–Kier alpha value is -1.52. The number of guanidine groups is 1. The van der Waals surface area contributed by atoms with Crippen molar-refractivity contribution in [3.8, 4) is 11.5 Å². The van der Waals surface area contributed by atoms with E-state index in [4.69, 9.17) is 9.47 Å². The van der Waals surface area contributed by atoms with Crippen molar-refractivity contribution >= 4 is 41.3 Å². The number of nitrogens with zero attached hydrogens (tertiary/aromatic N) is 2. The molecule has 0 amide bonds. The zero-order chi connectivity index (χ0) is 19.6. The van der Waals surface area contributed by atoms with Gasteiger partial charge in [-0.15, -0.1) is 35.3 Å². The maximum atomic E-state index is 5.98. The van der Waals surface area contributed by atoms with Crippen molar-refractivity contribution in [1.82, 2.24) is 15.5 Å². The van der Waals surface area contributed by atoms with Crippen molar-refractivity contribution in [2.75, 3.05) is 41.3 Å². The van der Waals surface area contributed by atoms with E-state index in [2.05, 4.69) is 52.1 Å². The highest BCUT2D eigenvalue weighted by Gasteiger charge is 2.16. The third kappa shape index (κ3) is 7.48. The highest BCUT2D eigenvalue weighted by atomic mass is 127. The van der Waals surface area contributed by atoms with E-state index in [0.29, 0.717) is 12.6 Å². The summed E-state index contributed by atoms with van der Waals surface area (Å²) in [6, 6.07) is 12.2. The van der Waals surface area contributed by atoms with Crippen LogP contribution in [0.15, 0.2) is 46.8 Å². The highest BCUT2D eigenvalue weighted by Crippen LogP contribution is 2.26. The first-order chi connectivity index (χ1) is 13.0. The molecule has 0 aliphatic heterocycles. The number of rotatable bonds is 9. The molecule has 0 saturated carbocycles. The summed E-state index contributed by atoms with van der Waals surface area (Å²) >= 11 is 1.77. The number of hydrogen-bond acceptors (Lipinski definition) is 5. The quantitative estimate of drug-likeness (QED) is 0.302. The lowest BCUT2D eigenvalue weighted by molar-refractivity contribution is 0.213. The number of halogens is 1. The first-order valence-electron chi connectivity index (χ1n) is 8.99. The number of nitrogens with one attached hydrogen (secondary N) is 2. The molecular formula is C20H31IN4O2S. The Morgan fingerprint density at radius 3 is 2.36 bits per heavy atom. The summed E-state index contributed by atoms with van der Waals surface area (Å²) < 4.78 is 11.3. The molecule has 1 heterocycles. The van der Waals surface area contributed by atoms with Gasteiger partial charge in [0.25, 0.3) is 0 Å². The molecule has 0 bridgehead atoms. The van der Waals surface area contributed by atoms with Crippen LogP contribution >= 0.6 is 35.3 Å². The van der Waals surface area contributed by atoms with Gasteiger partial charge in [0.1, 0.15) is 6.10 Å². The zero-order valence-electron chi connectivity index (χ0n) is 17.1. The Labute approximate surface area is 189 Å². The first kappa shape index (κ1) is 24.5. The summed E-state index contributed by atoms with van der Waals surface area (Å²) in [6.07, 6.45) is -0.0400. The van der Waals surface area contributed by atoms with Crippen LogP contribution in [0, 0.1) is 0 Å². The standard InChI is InChI=1S/C20H30N4O2S.HI/c1-15(26-18-10-7-6-9-17(18)25-5)13-22-20(21-2)23-14-16(24(3)4)19-11-8-12-27-19;/h6-12,15-16H,13-14H2,1-5H3,(H2,21,22,23);1H. The lowest BCUT2D eigenvalue weighted by Crippen LogP contribution is -2.44. The van der Waals surface area contributed by atoms with Crippen LogP contribution in [0.25, 0.3) is 0 Å². The fourth-order valence-corrected chi connectivity index (χ4v) is 3.57. The summed E-state index contributed by atoms with van der Waals surface area (Å²) in [5.74, 6) is 2.23. The maximum Gasteiger partial charge on any atom is 0.191 e. The fraction of sp³-hybridized carbons (Fsp3) is 0.450. The molecule has 0 aliphatic carbocycles. The van der Waals surface area contributed by atoms with Gasteiger partial charge in [0, 0.05) is 18.5 Å². The van der Waals surface area contributed by atoms with E-state index in [1.165, 1.54) is 4.88 Å². The van der Waals surface area contributed by atoms with Gasteiger partial charge >= 0.3 is 0 Å². The summed E-state index contributed by atoms with van der Waals surface area (Å²) in [5, 5.41) is 8.84. The summed E-state index contributed by atoms with van der Waals surface area (Å²) in [4.78, 5) is 7.85. The van der Waals surface area contributed by atoms with Gasteiger partial charge in [-0.2, -0.15) is 0 Å². The molecule has 8 heteroatoms. The van der Waals surface area contributed by atoms with E-state index in [1.807, 2.05) is 31.2 Å². The van der Waals surface area contributed by atoms with Crippen molar-refractivity contribution in [3.05, 3.63) is 46.7 Å². The van der Waals surface area contributed by atoms with Crippen LogP contribution in [0.5, 0.6) is 11.5 Å². The lowest BCUT2D eigenvalue weighted by Gasteiger charge is -2.25. The predicted octanol–water partition coefficient (Wildman–Crippen LogP) is 3.61. The smallest absolute Gasteiger partial charge is 0.191 e. The number of methoxy groups -OCH3 is 1. The van der Waals surface area contributed by atoms with E-state index in [0.717, 1.165) is 24.0 Å². The SMILES string of the molecule is CN=C(NCC(C)Oc1ccccc1OC)NCC(c1cccs1)N(C)C.I. The van der Waals surface area contributed by atoms with Gasteiger partial charge in [0.05, 0.1) is 19.7 Å². The molecule has 2 aromatic rings. The maximum absolute atomic E-state index is 5.98. The molecule has 28 heavy (non-hydrogen) atoms. The van der Waals surface area contributed by atoms with E-state index in [1.54, 1.807) is 25.5 Å². The van der Waals surface area contributed by atoms with Crippen LogP contribution in [-0.2, 0) is 0 Å². The average Bonchev–Trinajstić information content (AvgIpc) is 3.19. The minimum absolute atomic E-state index is 0. The number of thiophene rings is 1. The Morgan fingerprint density at radius 2 is 1.79 bits per heavy atom. The number of ether oxygens (including phenoxy) is 2. The molecule has 2 unspecified atom stereocenters.